The Bertz CT molecular complexity index is 768. The summed E-state index contributed by atoms with van der Waals surface area (Å²) in [4.78, 5) is -0.0313. The first-order valence-electron chi connectivity index (χ1n) is 6.23. The fraction of sp³-hybridized carbons (Fsp3) is 0.0588. The standard InChI is InChI=1S/C17H11Br2F/c18-16-9-8-15(13-6-1-2-7-14(13)16)17(19)11-4-3-5-12(20)10-11/h1-10,17H. The molecule has 3 aromatic rings. The lowest BCUT2D eigenvalue weighted by molar-refractivity contribution is 0.626. The van der Waals surface area contributed by atoms with Crippen LogP contribution in [0.4, 0.5) is 4.39 Å². The van der Waals surface area contributed by atoms with E-state index >= 15 is 0 Å². The Kier molecular flexibility index (Phi) is 3.90. The molecular formula is C17H11Br2F. The van der Waals surface area contributed by atoms with Crippen LogP contribution in [0.3, 0.4) is 0 Å². The molecule has 0 aliphatic rings. The fourth-order valence-electron chi connectivity index (χ4n) is 2.35. The summed E-state index contributed by atoms with van der Waals surface area (Å²) in [5.74, 6) is -0.214. The highest BCUT2D eigenvalue weighted by molar-refractivity contribution is 9.10. The predicted molar refractivity (Wildman–Crippen MR) is 88.8 cm³/mol. The molecule has 20 heavy (non-hydrogen) atoms. The van der Waals surface area contributed by atoms with Gasteiger partial charge in [0.1, 0.15) is 5.82 Å². The van der Waals surface area contributed by atoms with Crippen molar-refractivity contribution in [2.75, 3.05) is 0 Å². The second-order valence-electron chi connectivity index (χ2n) is 4.60. The van der Waals surface area contributed by atoms with E-state index in [4.69, 9.17) is 0 Å². The first-order valence-corrected chi connectivity index (χ1v) is 7.94. The molecule has 3 rings (SSSR count). The van der Waals surface area contributed by atoms with Crippen LogP contribution in [0.2, 0.25) is 0 Å². The van der Waals surface area contributed by atoms with Crippen LogP contribution in [-0.4, -0.2) is 0 Å². The largest absolute Gasteiger partial charge is 0.207 e. The van der Waals surface area contributed by atoms with E-state index in [0.717, 1.165) is 26.4 Å². The van der Waals surface area contributed by atoms with E-state index in [9.17, 15) is 4.39 Å². The molecule has 0 aliphatic carbocycles. The van der Waals surface area contributed by atoms with E-state index in [1.807, 2.05) is 24.3 Å². The average molecular weight is 394 g/mol. The number of rotatable bonds is 2. The molecule has 0 saturated heterocycles. The molecule has 0 fully saturated rings. The molecule has 0 aliphatic heterocycles. The van der Waals surface area contributed by atoms with Crippen molar-refractivity contribution in [3.05, 3.63) is 82.1 Å². The first-order chi connectivity index (χ1) is 9.66. The van der Waals surface area contributed by atoms with E-state index in [2.05, 4.69) is 50.1 Å². The van der Waals surface area contributed by atoms with Crippen LogP contribution in [-0.2, 0) is 0 Å². The van der Waals surface area contributed by atoms with Crippen molar-refractivity contribution in [1.29, 1.82) is 0 Å². The summed E-state index contributed by atoms with van der Waals surface area (Å²) in [7, 11) is 0. The third-order valence-electron chi connectivity index (χ3n) is 3.32. The lowest BCUT2D eigenvalue weighted by Gasteiger charge is -2.14. The smallest absolute Gasteiger partial charge is 0.123 e. The Morgan fingerprint density at radius 1 is 0.850 bits per heavy atom. The molecule has 3 aromatic carbocycles. The minimum absolute atomic E-state index is 0.0313. The average Bonchev–Trinajstić information content (AvgIpc) is 2.47. The van der Waals surface area contributed by atoms with Crippen LogP contribution in [0.15, 0.2) is 65.1 Å². The zero-order chi connectivity index (χ0) is 14.1. The van der Waals surface area contributed by atoms with Gasteiger partial charge in [0.15, 0.2) is 0 Å². The van der Waals surface area contributed by atoms with Gasteiger partial charge < -0.3 is 0 Å². The van der Waals surface area contributed by atoms with Gasteiger partial charge in [-0.15, -0.1) is 0 Å². The van der Waals surface area contributed by atoms with Gasteiger partial charge in [0, 0.05) is 4.47 Å². The molecule has 0 saturated carbocycles. The summed E-state index contributed by atoms with van der Waals surface area (Å²) in [5.41, 5.74) is 2.05. The van der Waals surface area contributed by atoms with Crippen molar-refractivity contribution in [3.63, 3.8) is 0 Å². The third-order valence-corrected chi connectivity index (χ3v) is 5.03. The molecule has 0 N–H and O–H groups in total. The van der Waals surface area contributed by atoms with Crippen molar-refractivity contribution in [3.8, 4) is 0 Å². The maximum Gasteiger partial charge on any atom is 0.123 e. The Hall–Kier alpha value is -1.19. The van der Waals surface area contributed by atoms with Gasteiger partial charge in [0.2, 0.25) is 0 Å². The fourth-order valence-corrected chi connectivity index (χ4v) is 3.51. The van der Waals surface area contributed by atoms with Gasteiger partial charge in [-0.1, -0.05) is 74.3 Å². The van der Waals surface area contributed by atoms with Gasteiger partial charge in [0.25, 0.3) is 0 Å². The summed E-state index contributed by atoms with van der Waals surface area (Å²) < 4.78 is 14.5. The molecule has 1 unspecified atom stereocenters. The zero-order valence-corrected chi connectivity index (χ0v) is 13.7. The first kappa shape index (κ1) is 13.8. The monoisotopic (exact) mass is 392 g/mol. The summed E-state index contributed by atoms with van der Waals surface area (Å²) in [6, 6.07) is 19.0. The second kappa shape index (κ2) is 5.66. The molecule has 3 heteroatoms. The van der Waals surface area contributed by atoms with Crippen LogP contribution >= 0.6 is 31.9 Å². The Morgan fingerprint density at radius 3 is 2.35 bits per heavy atom. The number of fused-ring (bicyclic) bond motifs is 1. The summed E-state index contributed by atoms with van der Waals surface area (Å²) >= 11 is 7.26. The highest BCUT2D eigenvalue weighted by atomic mass is 79.9. The maximum atomic E-state index is 13.4. The molecule has 0 nitrogen and oxygen atoms in total. The molecule has 0 radical (unpaired) electrons. The summed E-state index contributed by atoms with van der Waals surface area (Å²) in [5, 5.41) is 2.32. The maximum absolute atomic E-state index is 13.4. The van der Waals surface area contributed by atoms with Crippen molar-refractivity contribution in [2.45, 2.75) is 4.83 Å². The Balaban J connectivity index is 2.17. The predicted octanol–water partition coefficient (Wildman–Crippen LogP) is 6.23. The van der Waals surface area contributed by atoms with Gasteiger partial charge in [-0.3, -0.25) is 0 Å². The van der Waals surface area contributed by atoms with Crippen molar-refractivity contribution >= 4 is 42.6 Å². The molecule has 0 aromatic heterocycles. The van der Waals surface area contributed by atoms with Crippen LogP contribution in [0.5, 0.6) is 0 Å². The number of benzene rings is 3. The normalized spacial score (nSPS) is 12.6. The van der Waals surface area contributed by atoms with Crippen LogP contribution < -0.4 is 0 Å². The molecule has 0 bridgehead atoms. The Morgan fingerprint density at radius 2 is 1.60 bits per heavy atom. The topological polar surface area (TPSA) is 0 Å². The molecule has 0 heterocycles. The molecular weight excluding hydrogens is 383 g/mol. The summed E-state index contributed by atoms with van der Waals surface area (Å²) in [6.07, 6.45) is 0. The van der Waals surface area contributed by atoms with Crippen molar-refractivity contribution in [2.24, 2.45) is 0 Å². The van der Waals surface area contributed by atoms with Gasteiger partial charge >= 0.3 is 0 Å². The minimum atomic E-state index is -0.214. The van der Waals surface area contributed by atoms with E-state index in [-0.39, 0.29) is 10.6 Å². The number of hydrogen-bond acceptors (Lipinski definition) is 0. The number of hydrogen-bond donors (Lipinski definition) is 0. The highest BCUT2D eigenvalue weighted by Crippen LogP contribution is 2.37. The number of alkyl halides is 1. The van der Waals surface area contributed by atoms with Crippen LogP contribution in [0.1, 0.15) is 16.0 Å². The molecule has 0 amide bonds. The third kappa shape index (κ3) is 2.52. The quantitative estimate of drug-likeness (QED) is 0.453. The number of halogens is 3. The van der Waals surface area contributed by atoms with Crippen LogP contribution in [0, 0.1) is 5.82 Å². The summed E-state index contributed by atoms with van der Waals surface area (Å²) in [6.45, 7) is 0. The van der Waals surface area contributed by atoms with Gasteiger partial charge in [-0.2, -0.15) is 0 Å². The molecule has 1 atom stereocenters. The zero-order valence-electron chi connectivity index (χ0n) is 10.5. The molecule has 0 spiro atoms. The van der Waals surface area contributed by atoms with Crippen LogP contribution in [0.25, 0.3) is 10.8 Å². The molecule has 100 valence electrons. The van der Waals surface area contributed by atoms with Crippen molar-refractivity contribution < 1.29 is 4.39 Å². The van der Waals surface area contributed by atoms with E-state index in [1.165, 1.54) is 6.07 Å². The minimum Gasteiger partial charge on any atom is -0.207 e. The highest BCUT2D eigenvalue weighted by Gasteiger charge is 2.14. The van der Waals surface area contributed by atoms with E-state index in [0.29, 0.717) is 0 Å². The SMILES string of the molecule is Fc1cccc(C(Br)c2ccc(Br)c3ccccc23)c1. The van der Waals surface area contributed by atoms with E-state index < -0.39 is 0 Å². The lowest BCUT2D eigenvalue weighted by Crippen LogP contribution is -1.95. The van der Waals surface area contributed by atoms with Gasteiger partial charge in [-0.05, 0) is 40.1 Å². The second-order valence-corrected chi connectivity index (χ2v) is 6.37. The van der Waals surface area contributed by atoms with E-state index in [1.54, 1.807) is 12.1 Å². The van der Waals surface area contributed by atoms with Gasteiger partial charge in [-0.25, -0.2) is 4.39 Å². The van der Waals surface area contributed by atoms with Gasteiger partial charge in [0.05, 0.1) is 4.83 Å². The Labute approximate surface area is 133 Å². The van der Waals surface area contributed by atoms with Crippen molar-refractivity contribution in [1.82, 2.24) is 0 Å². The lowest BCUT2D eigenvalue weighted by atomic mass is 9.98.